The number of hydrogen-bond donors (Lipinski definition) is 1. The van der Waals surface area contributed by atoms with Crippen LogP contribution >= 0.6 is 0 Å². The van der Waals surface area contributed by atoms with Crippen molar-refractivity contribution in [1.82, 2.24) is 0 Å². The van der Waals surface area contributed by atoms with Gasteiger partial charge in [-0.15, -0.1) is 0 Å². The van der Waals surface area contributed by atoms with E-state index in [4.69, 9.17) is 0 Å². The van der Waals surface area contributed by atoms with E-state index in [2.05, 4.69) is 12.2 Å². The van der Waals surface area contributed by atoms with Crippen LogP contribution in [0.1, 0.15) is 58.3 Å². The fraction of sp³-hybridized carbons (Fsp3) is 0.611. The van der Waals surface area contributed by atoms with Crippen molar-refractivity contribution in [3.63, 3.8) is 0 Å². The first kappa shape index (κ1) is 17.5. The Morgan fingerprint density at radius 3 is 2.10 bits per heavy atom. The lowest BCUT2D eigenvalue weighted by atomic mass is 10.1. The number of benzene rings is 1. The molecule has 1 amide bonds. The van der Waals surface area contributed by atoms with Gasteiger partial charge in [-0.25, -0.2) is 0 Å². The topological polar surface area (TPSA) is 32.3 Å². The van der Waals surface area contributed by atoms with E-state index in [0.717, 1.165) is 24.2 Å². The van der Waals surface area contributed by atoms with Gasteiger partial charge in [-0.2, -0.15) is 0 Å². The first-order valence-corrected chi connectivity index (χ1v) is 8.20. The Hall–Kier alpha value is -1.51. The Kier molecular flexibility index (Phi) is 8.56. The molecule has 0 aliphatic rings. The maximum Gasteiger partial charge on any atom is 0.224 e. The monoisotopic (exact) mass is 290 g/mol. The molecule has 0 spiro atoms. The highest BCUT2D eigenvalue weighted by Crippen LogP contribution is 2.16. The summed E-state index contributed by atoms with van der Waals surface area (Å²) in [4.78, 5) is 13.9. The van der Waals surface area contributed by atoms with E-state index in [0.29, 0.717) is 6.42 Å². The molecule has 3 nitrogen and oxygen atoms in total. The molecule has 118 valence electrons. The van der Waals surface area contributed by atoms with Crippen LogP contribution in [0.3, 0.4) is 0 Å². The standard InChI is InChI=1S/C18H30N2O/c1-4-5-6-7-8-9-10-11-18(21)19-16-12-14-17(15-13-16)20(2)3/h12-15H,4-11H2,1-3H3,(H,19,21). The highest BCUT2D eigenvalue weighted by molar-refractivity contribution is 5.90. The number of nitrogens with one attached hydrogen (secondary N) is 1. The highest BCUT2D eigenvalue weighted by Gasteiger charge is 2.03. The summed E-state index contributed by atoms with van der Waals surface area (Å²) in [6.45, 7) is 2.23. The van der Waals surface area contributed by atoms with Crippen LogP contribution in [0.4, 0.5) is 11.4 Å². The fourth-order valence-corrected chi connectivity index (χ4v) is 2.31. The normalized spacial score (nSPS) is 10.4. The van der Waals surface area contributed by atoms with Gasteiger partial charge in [-0.3, -0.25) is 4.79 Å². The summed E-state index contributed by atoms with van der Waals surface area (Å²) in [7, 11) is 4.02. The molecule has 0 radical (unpaired) electrons. The predicted molar refractivity (Wildman–Crippen MR) is 92.0 cm³/mol. The average molecular weight is 290 g/mol. The summed E-state index contributed by atoms with van der Waals surface area (Å²) in [6, 6.07) is 7.95. The van der Waals surface area contributed by atoms with Crippen molar-refractivity contribution in [2.45, 2.75) is 58.3 Å². The Bertz CT molecular complexity index is 398. The Morgan fingerprint density at radius 2 is 1.52 bits per heavy atom. The summed E-state index contributed by atoms with van der Waals surface area (Å²) in [5, 5.41) is 2.96. The van der Waals surface area contributed by atoms with Gasteiger partial charge in [-0.05, 0) is 30.7 Å². The first-order chi connectivity index (χ1) is 10.1. The zero-order chi connectivity index (χ0) is 15.5. The Labute approximate surface area is 129 Å². The van der Waals surface area contributed by atoms with Gasteiger partial charge >= 0.3 is 0 Å². The Balaban J connectivity index is 2.15. The SMILES string of the molecule is CCCCCCCCCC(=O)Nc1ccc(N(C)C)cc1. The van der Waals surface area contributed by atoms with Gasteiger partial charge < -0.3 is 10.2 Å². The minimum atomic E-state index is 0.126. The number of nitrogens with zero attached hydrogens (tertiary/aromatic N) is 1. The molecule has 1 N–H and O–H groups in total. The molecule has 0 aliphatic carbocycles. The lowest BCUT2D eigenvalue weighted by Gasteiger charge is -2.13. The summed E-state index contributed by atoms with van der Waals surface area (Å²) < 4.78 is 0. The molecule has 0 fully saturated rings. The maximum atomic E-state index is 11.8. The van der Waals surface area contributed by atoms with Crippen LogP contribution < -0.4 is 10.2 Å². The number of rotatable bonds is 10. The van der Waals surface area contributed by atoms with Crippen molar-refractivity contribution in [1.29, 1.82) is 0 Å². The average Bonchev–Trinajstić information content (AvgIpc) is 2.47. The number of amides is 1. The third-order valence-electron chi connectivity index (χ3n) is 3.67. The largest absolute Gasteiger partial charge is 0.378 e. The molecule has 21 heavy (non-hydrogen) atoms. The lowest BCUT2D eigenvalue weighted by Crippen LogP contribution is -2.12. The van der Waals surface area contributed by atoms with Gasteiger partial charge in [0.2, 0.25) is 5.91 Å². The minimum absolute atomic E-state index is 0.126. The van der Waals surface area contributed by atoms with E-state index in [9.17, 15) is 4.79 Å². The van der Waals surface area contributed by atoms with Crippen LogP contribution in [0.25, 0.3) is 0 Å². The van der Waals surface area contributed by atoms with E-state index < -0.39 is 0 Å². The molecular formula is C18H30N2O. The smallest absolute Gasteiger partial charge is 0.224 e. The van der Waals surface area contributed by atoms with Crippen molar-refractivity contribution in [2.75, 3.05) is 24.3 Å². The number of carbonyl (C=O) groups excluding carboxylic acids is 1. The zero-order valence-corrected chi connectivity index (χ0v) is 13.8. The van der Waals surface area contributed by atoms with Crippen molar-refractivity contribution < 1.29 is 4.79 Å². The summed E-state index contributed by atoms with van der Waals surface area (Å²) in [5.41, 5.74) is 2.02. The molecule has 0 aromatic heterocycles. The van der Waals surface area contributed by atoms with E-state index in [1.807, 2.05) is 43.3 Å². The first-order valence-electron chi connectivity index (χ1n) is 8.20. The van der Waals surface area contributed by atoms with Gasteiger partial charge in [0, 0.05) is 31.9 Å². The molecule has 0 unspecified atom stereocenters. The van der Waals surface area contributed by atoms with Crippen LogP contribution in [0, 0.1) is 0 Å². The van der Waals surface area contributed by atoms with Crippen molar-refractivity contribution in [3.8, 4) is 0 Å². The lowest BCUT2D eigenvalue weighted by molar-refractivity contribution is -0.116. The van der Waals surface area contributed by atoms with E-state index in [-0.39, 0.29) is 5.91 Å². The van der Waals surface area contributed by atoms with Crippen molar-refractivity contribution in [3.05, 3.63) is 24.3 Å². The third kappa shape index (κ3) is 7.74. The second-order valence-electron chi connectivity index (χ2n) is 5.86. The van der Waals surface area contributed by atoms with Crippen molar-refractivity contribution >= 4 is 17.3 Å². The van der Waals surface area contributed by atoms with Gasteiger partial charge in [0.1, 0.15) is 0 Å². The quantitative estimate of drug-likeness (QED) is 0.626. The van der Waals surface area contributed by atoms with Crippen LogP contribution in [0.5, 0.6) is 0 Å². The number of anilines is 2. The predicted octanol–water partition coefficient (Wildman–Crippen LogP) is 4.83. The molecule has 0 heterocycles. The van der Waals surface area contributed by atoms with Gasteiger partial charge in [0.05, 0.1) is 0 Å². The molecular weight excluding hydrogens is 260 g/mol. The fourth-order valence-electron chi connectivity index (χ4n) is 2.31. The van der Waals surface area contributed by atoms with Crippen LogP contribution in [-0.4, -0.2) is 20.0 Å². The summed E-state index contributed by atoms with van der Waals surface area (Å²) >= 11 is 0. The second kappa shape index (κ2) is 10.3. The number of unbranched alkanes of at least 4 members (excludes halogenated alkanes) is 6. The maximum absolute atomic E-state index is 11.8. The summed E-state index contributed by atoms with van der Waals surface area (Å²) in [5.74, 6) is 0.126. The van der Waals surface area contributed by atoms with Gasteiger partial charge in [0.25, 0.3) is 0 Å². The van der Waals surface area contributed by atoms with E-state index >= 15 is 0 Å². The van der Waals surface area contributed by atoms with Gasteiger partial charge in [-0.1, -0.05) is 45.4 Å². The molecule has 1 aromatic carbocycles. The third-order valence-corrected chi connectivity index (χ3v) is 3.67. The zero-order valence-electron chi connectivity index (χ0n) is 13.8. The molecule has 1 aromatic rings. The molecule has 0 saturated heterocycles. The number of carbonyl (C=O) groups is 1. The van der Waals surface area contributed by atoms with Crippen molar-refractivity contribution in [2.24, 2.45) is 0 Å². The minimum Gasteiger partial charge on any atom is -0.378 e. The van der Waals surface area contributed by atoms with Crippen LogP contribution in [-0.2, 0) is 4.79 Å². The number of hydrogen-bond acceptors (Lipinski definition) is 2. The second-order valence-corrected chi connectivity index (χ2v) is 5.86. The summed E-state index contributed by atoms with van der Waals surface area (Å²) in [6.07, 6.45) is 9.30. The molecule has 0 atom stereocenters. The highest BCUT2D eigenvalue weighted by atomic mass is 16.1. The molecule has 0 aliphatic heterocycles. The Morgan fingerprint density at radius 1 is 0.952 bits per heavy atom. The van der Waals surface area contributed by atoms with Crippen LogP contribution in [0.2, 0.25) is 0 Å². The molecule has 1 rings (SSSR count). The molecule has 0 saturated carbocycles. The van der Waals surface area contributed by atoms with E-state index in [1.54, 1.807) is 0 Å². The van der Waals surface area contributed by atoms with Crippen LogP contribution in [0.15, 0.2) is 24.3 Å². The molecule has 3 heteroatoms. The van der Waals surface area contributed by atoms with Gasteiger partial charge in [0.15, 0.2) is 0 Å². The molecule has 0 bridgehead atoms. The van der Waals surface area contributed by atoms with E-state index in [1.165, 1.54) is 32.1 Å².